The lowest BCUT2D eigenvalue weighted by atomic mass is 9.83. The van der Waals surface area contributed by atoms with Crippen molar-refractivity contribution in [1.29, 1.82) is 0 Å². The molecule has 5 nitrogen and oxygen atoms in total. The van der Waals surface area contributed by atoms with Gasteiger partial charge in [0.25, 0.3) is 5.91 Å². The number of carbonyl (C=O) groups excluding carboxylic acids is 1. The number of benzene rings is 2. The van der Waals surface area contributed by atoms with Crippen molar-refractivity contribution in [1.82, 2.24) is 14.5 Å². The molecular weight excluding hydrogens is 455 g/mol. The predicted octanol–water partition coefficient (Wildman–Crippen LogP) is 5.91. The van der Waals surface area contributed by atoms with Crippen LogP contribution in [0.5, 0.6) is 5.75 Å². The van der Waals surface area contributed by atoms with E-state index in [4.69, 9.17) is 4.74 Å². The number of hydrogen-bond donors (Lipinski definition) is 0. The van der Waals surface area contributed by atoms with E-state index in [9.17, 15) is 18.0 Å². The number of methoxy groups -OCH3 is 1. The number of carbonyl (C=O) groups is 1. The molecule has 35 heavy (non-hydrogen) atoms. The first kappa shape index (κ1) is 23.2. The lowest BCUT2D eigenvalue weighted by Gasteiger charge is -2.46. The second-order valence-electron chi connectivity index (χ2n) is 9.17. The van der Waals surface area contributed by atoms with Crippen LogP contribution in [0.1, 0.15) is 55.0 Å². The van der Waals surface area contributed by atoms with Crippen molar-refractivity contribution >= 4 is 12.0 Å². The van der Waals surface area contributed by atoms with E-state index < -0.39 is 23.5 Å². The quantitative estimate of drug-likeness (QED) is 0.344. The summed E-state index contributed by atoms with van der Waals surface area (Å²) in [5.74, 6) is -3.46. The summed E-state index contributed by atoms with van der Waals surface area (Å²) in [6.07, 6.45) is 9.10. The average Bonchev–Trinajstić information content (AvgIpc) is 3.29. The van der Waals surface area contributed by atoms with E-state index in [1.165, 1.54) is 0 Å². The fraction of sp³-hybridized carbons (Fsp3) is 0.333. The second-order valence-corrected chi connectivity index (χ2v) is 9.17. The highest BCUT2D eigenvalue weighted by Crippen LogP contribution is 2.41. The summed E-state index contributed by atoms with van der Waals surface area (Å²) in [5.41, 5.74) is 3.46. The number of piperidine rings is 2. The minimum absolute atomic E-state index is 0.00373. The normalized spacial score (nSPS) is 21.3. The smallest absolute Gasteiger partial charge is 0.250 e. The molecule has 0 radical (unpaired) electrons. The molecule has 2 fully saturated rings. The number of fused-ring (bicyclic) bond motifs is 1. The summed E-state index contributed by atoms with van der Waals surface area (Å²) in [7, 11) is 1.59. The van der Waals surface area contributed by atoms with Crippen molar-refractivity contribution in [3.63, 3.8) is 0 Å². The lowest BCUT2D eigenvalue weighted by Crippen LogP contribution is -2.49. The molecular formula is C27H26F3N3O2. The van der Waals surface area contributed by atoms with Crippen LogP contribution in [0.3, 0.4) is 0 Å². The van der Waals surface area contributed by atoms with Crippen LogP contribution in [0, 0.1) is 24.4 Å². The first-order valence-corrected chi connectivity index (χ1v) is 11.7. The van der Waals surface area contributed by atoms with Crippen molar-refractivity contribution < 1.29 is 22.7 Å². The molecule has 0 saturated carbocycles. The van der Waals surface area contributed by atoms with Gasteiger partial charge in [-0.15, -0.1) is 0 Å². The molecule has 3 aromatic rings. The maximum Gasteiger partial charge on any atom is 0.250 e. The van der Waals surface area contributed by atoms with Gasteiger partial charge in [0.15, 0.2) is 17.5 Å². The van der Waals surface area contributed by atoms with Crippen molar-refractivity contribution in [2.24, 2.45) is 0 Å². The fourth-order valence-corrected chi connectivity index (χ4v) is 5.25. The van der Waals surface area contributed by atoms with E-state index in [1.54, 1.807) is 18.3 Å². The molecule has 2 saturated heterocycles. The van der Waals surface area contributed by atoms with Gasteiger partial charge in [0, 0.05) is 17.8 Å². The lowest BCUT2D eigenvalue weighted by molar-refractivity contribution is -0.136. The number of halogens is 3. The Morgan fingerprint density at radius 3 is 2.54 bits per heavy atom. The largest absolute Gasteiger partial charge is 0.495 e. The molecule has 0 N–H and O–H groups in total. The fourth-order valence-electron chi connectivity index (χ4n) is 5.25. The average molecular weight is 482 g/mol. The summed E-state index contributed by atoms with van der Waals surface area (Å²) in [6.45, 7) is 1.91. The summed E-state index contributed by atoms with van der Waals surface area (Å²) in [4.78, 5) is 19.6. The number of nitrogens with zero attached hydrogens (tertiary/aromatic N) is 3. The molecule has 2 aliphatic heterocycles. The summed E-state index contributed by atoms with van der Waals surface area (Å²) in [6, 6.07) is 7.23. The third-order valence-electron chi connectivity index (χ3n) is 6.93. The van der Waals surface area contributed by atoms with Crippen molar-refractivity contribution in [2.45, 2.75) is 51.1 Å². The summed E-state index contributed by atoms with van der Waals surface area (Å²) >= 11 is 0. The van der Waals surface area contributed by atoms with Gasteiger partial charge in [-0.25, -0.2) is 18.2 Å². The maximum atomic E-state index is 14.0. The third-order valence-corrected chi connectivity index (χ3v) is 6.93. The molecule has 0 unspecified atom stereocenters. The molecule has 8 heteroatoms. The van der Waals surface area contributed by atoms with Crippen LogP contribution >= 0.6 is 0 Å². The van der Waals surface area contributed by atoms with Crippen LogP contribution in [-0.4, -0.2) is 33.5 Å². The number of amides is 1. The van der Waals surface area contributed by atoms with E-state index in [0.29, 0.717) is 29.7 Å². The van der Waals surface area contributed by atoms with E-state index in [0.717, 1.165) is 48.3 Å². The minimum Gasteiger partial charge on any atom is -0.495 e. The molecule has 2 aromatic carbocycles. The Labute approximate surface area is 201 Å². The number of imidazole rings is 1. The molecule has 2 aliphatic rings. The predicted molar refractivity (Wildman–Crippen MR) is 126 cm³/mol. The van der Waals surface area contributed by atoms with Crippen LogP contribution in [0.4, 0.5) is 13.2 Å². The van der Waals surface area contributed by atoms with Gasteiger partial charge in [0.05, 0.1) is 30.9 Å². The zero-order chi connectivity index (χ0) is 24.7. The highest BCUT2D eigenvalue weighted by molar-refractivity contribution is 5.99. The van der Waals surface area contributed by atoms with Crippen LogP contribution in [0.25, 0.3) is 11.8 Å². The molecule has 3 heterocycles. The zero-order valence-electron chi connectivity index (χ0n) is 19.6. The van der Waals surface area contributed by atoms with Gasteiger partial charge in [-0.2, -0.15) is 0 Å². The highest BCUT2D eigenvalue weighted by Gasteiger charge is 2.39. The van der Waals surface area contributed by atoms with Gasteiger partial charge in [-0.3, -0.25) is 4.79 Å². The number of ether oxygens (including phenoxy) is 1. The molecule has 182 valence electrons. The van der Waals surface area contributed by atoms with Crippen molar-refractivity contribution in [2.75, 3.05) is 7.11 Å². The Morgan fingerprint density at radius 2 is 1.86 bits per heavy atom. The highest BCUT2D eigenvalue weighted by atomic mass is 19.2. The number of rotatable bonds is 4. The molecule has 5 rings (SSSR count). The summed E-state index contributed by atoms with van der Waals surface area (Å²) in [5, 5.41) is 0. The molecule has 1 amide bonds. The van der Waals surface area contributed by atoms with Gasteiger partial charge >= 0.3 is 0 Å². The Kier molecular flexibility index (Phi) is 6.13. The first-order valence-electron chi connectivity index (χ1n) is 11.7. The summed E-state index contributed by atoms with van der Waals surface area (Å²) < 4.78 is 48.9. The van der Waals surface area contributed by atoms with Crippen LogP contribution in [0.2, 0.25) is 0 Å². The Bertz CT molecular complexity index is 1290. The second kappa shape index (κ2) is 9.24. The van der Waals surface area contributed by atoms with Gasteiger partial charge in [-0.1, -0.05) is 6.07 Å². The van der Waals surface area contributed by atoms with Crippen LogP contribution < -0.4 is 4.74 Å². The molecule has 0 bridgehead atoms. The van der Waals surface area contributed by atoms with E-state index in [-0.39, 0.29) is 11.9 Å². The monoisotopic (exact) mass is 481 g/mol. The molecule has 0 aliphatic carbocycles. The van der Waals surface area contributed by atoms with Crippen LogP contribution in [-0.2, 0) is 4.79 Å². The van der Waals surface area contributed by atoms with Crippen LogP contribution in [0.15, 0.2) is 48.4 Å². The van der Waals surface area contributed by atoms with Gasteiger partial charge in [0.2, 0.25) is 0 Å². The minimum atomic E-state index is -1.49. The third kappa shape index (κ3) is 4.33. The SMILES string of the molecule is COc1cc(/C=C2\CC[C@H]3CCC[C@@H](c4cc(F)c(F)c(F)c4)N3C2=O)ccc1-n1cnc(C)c1. The molecule has 1 aromatic heterocycles. The molecule has 0 spiro atoms. The number of aromatic nitrogens is 2. The standard InChI is InChI=1S/C27H26F3N3O2/c1-16-14-32(15-31-16)24-9-6-17(11-25(24)35-2)10-18-7-8-20-4-3-5-23(33(20)27(18)34)19-12-21(28)26(30)22(29)13-19/h6,9-15,20,23H,3-5,7-8H2,1-2H3/b18-10+/t20-,23+/m1/s1. The van der Waals surface area contributed by atoms with Gasteiger partial charge < -0.3 is 14.2 Å². The number of hydrogen-bond acceptors (Lipinski definition) is 3. The topological polar surface area (TPSA) is 47.4 Å². The Morgan fingerprint density at radius 1 is 1.09 bits per heavy atom. The number of aryl methyl sites for hydroxylation is 1. The van der Waals surface area contributed by atoms with Crippen molar-refractivity contribution in [3.05, 3.63) is 82.7 Å². The van der Waals surface area contributed by atoms with Crippen molar-refractivity contribution in [3.8, 4) is 11.4 Å². The van der Waals surface area contributed by atoms with E-state index in [1.807, 2.05) is 42.0 Å². The van der Waals surface area contributed by atoms with E-state index in [2.05, 4.69) is 4.98 Å². The zero-order valence-corrected chi connectivity index (χ0v) is 19.6. The van der Waals surface area contributed by atoms with Gasteiger partial charge in [0.1, 0.15) is 5.75 Å². The maximum absolute atomic E-state index is 14.0. The Hall–Kier alpha value is -3.55. The Balaban J connectivity index is 1.46. The van der Waals surface area contributed by atoms with Gasteiger partial charge in [-0.05, 0) is 80.5 Å². The first-order chi connectivity index (χ1) is 16.9. The van der Waals surface area contributed by atoms with E-state index >= 15 is 0 Å². The molecule has 2 atom stereocenters.